The summed E-state index contributed by atoms with van der Waals surface area (Å²) in [6.07, 6.45) is 7.99. The normalized spacial score (nSPS) is 32.8. The summed E-state index contributed by atoms with van der Waals surface area (Å²) in [6, 6.07) is 2.46. The fraction of sp³-hybridized carbons (Fsp3) is 0.933. The summed E-state index contributed by atoms with van der Waals surface area (Å²) in [6.45, 7) is 6.28. The van der Waals surface area contributed by atoms with Gasteiger partial charge in [0.15, 0.2) is 0 Å². The quantitative estimate of drug-likeness (QED) is 0.733. The number of unbranched alkanes of at least 4 members (excludes halogenated alkanes) is 2. The van der Waals surface area contributed by atoms with Gasteiger partial charge < -0.3 is 5.11 Å². The van der Waals surface area contributed by atoms with Crippen LogP contribution in [-0.4, -0.2) is 10.7 Å². The maximum atomic E-state index is 10.7. The molecule has 1 rings (SSSR count). The molecule has 1 aliphatic carbocycles. The van der Waals surface area contributed by atoms with Crippen LogP contribution < -0.4 is 0 Å². The minimum Gasteiger partial charge on any atom is -0.389 e. The molecule has 1 saturated carbocycles. The number of aliphatic hydroxyl groups is 1. The predicted octanol–water partition coefficient (Wildman–Crippen LogP) is 4.04. The minimum atomic E-state index is -0.808. The maximum absolute atomic E-state index is 10.7. The molecule has 0 heterocycles. The second-order valence-corrected chi connectivity index (χ2v) is 6.11. The van der Waals surface area contributed by atoms with E-state index in [9.17, 15) is 10.4 Å². The van der Waals surface area contributed by atoms with Gasteiger partial charge in [0.1, 0.15) is 0 Å². The van der Waals surface area contributed by atoms with Crippen LogP contribution >= 0.6 is 0 Å². The average molecular weight is 237 g/mol. The van der Waals surface area contributed by atoms with Gasteiger partial charge in [0, 0.05) is 0 Å². The van der Waals surface area contributed by atoms with Crippen LogP contribution in [0.15, 0.2) is 0 Å². The fourth-order valence-electron chi connectivity index (χ4n) is 2.98. The van der Waals surface area contributed by atoms with Crippen LogP contribution in [0.2, 0.25) is 0 Å². The Morgan fingerprint density at radius 3 is 2.41 bits per heavy atom. The van der Waals surface area contributed by atoms with Gasteiger partial charge in [-0.3, -0.25) is 0 Å². The van der Waals surface area contributed by atoms with Gasteiger partial charge in [-0.25, -0.2) is 0 Å². The first kappa shape index (κ1) is 14.5. The zero-order chi connectivity index (χ0) is 12.9. The molecule has 1 fully saturated rings. The molecule has 1 unspecified atom stereocenters. The van der Waals surface area contributed by atoms with E-state index >= 15 is 0 Å². The summed E-state index contributed by atoms with van der Waals surface area (Å²) < 4.78 is 0. The number of nitrogens with zero attached hydrogens (tertiary/aromatic N) is 1. The topological polar surface area (TPSA) is 44.0 Å². The van der Waals surface area contributed by atoms with Crippen LogP contribution in [0.3, 0.4) is 0 Å². The lowest BCUT2D eigenvalue weighted by molar-refractivity contribution is -0.0700. The highest BCUT2D eigenvalue weighted by Crippen LogP contribution is 2.47. The lowest BCUT2D eigenvalue weighted by Gasteiger charge is -2.44. The number of hydrogen-bond acceptors (Lipinski definition) is 2. The third kappa shape index (κ3) is 3.22. The monoisotopic (exact) mass is 237 g/mol. The largest absolute Gasteiger partial charge is 0.389 e. The molecule has 0 aromatic carbocycles. The van der Waals surface area contributed by atoms with Crippen LogP contribution in [-0.2, 0) is 0 Å². The van der Waals surface area contributed by atoms with E-state index in [0.717, 1.165) is 51.4 Å². The molecule has 1 atom stereocenters. The van der Waals surface area contributed by atoms with E-state index in [0.29, 0.717) is 5.92 Å². The van der Waals surface area contributed by atoms with Crippen molar-refractivity contribution >= 4 is 0 Å². The highest BCUT2D eigenvalue weighted by Gasteiger charge is 2.48. The number of hydrogen-bond donors (Lipinski definition) is 1. The molecule has 0 aliphatic heterocycles. The van der Waals surface area contributed by atoms with Crippen LogP contribution in [0.25, 0.3) is 0 Å². The van der Waals surface area contributed by atoms with Crippen molar-refractivity contribution in [2.24, 2.45) is 11.3 Å². The molecule has 2 nitrogen and oxygen atoms in total. The summed E-state index contributed by atoms with van der Waals surface area (Å²) in [5.74, 6) is 0.711. The van der Waals surface area contributed by atoms with Gasteiger partial charge in [0.2, 0.25) is 0 Å². The third-order valence-electron chi connectivity index (χ3n) is 4.64. The number of rotatable bonds is 5. The predicted molar refractivity (Wildman–Crippen MR) is 70.4 cm³/mol. The zero-order valence-electron chi connectivity index (χ0n) is 11.6. The Morgan fingerprint density at radius 2 is 1.94 bits per heavy atom. The van der Waals surface area contributed by atoms with Crippen LogP contribution in [0, 0.1) is 22.7 Å². The van der Waals surface area contributed by atoms with E-state index in [2.05, 4.69) is 19.9 Å². The van der Waals surface area contributed by atoms with Crippen molar-refractivity contribution in [2.75, 3.05) is 0 Å². The van der Waals surface area contributed by atoms with E-state index < -0.39 is 11.0 Å². The molecule has 0 saturated heterocycles. The van der Waals surface area contributed by atoms with Crippen molar-refractivity contribution < 1.29 is 5.11 Å². The molecule has 1 aliphatic rings. The van der Waals surface area contributed by atoms with E-state index in [1.54, 1.807) is 0 Å². The van der Waals surface area contributed by atoms with Gasteiger partial charge in [0.05, 0.1) is 17.1 Å². The zero-order valence-corrected chi connectivity index (χ0v) is 11.6. The van der Waals surface area contributed by atoms with E-state index in [-0.39, 0.29) is 0 Å². The Labute approximate surface area is 106 Å². The molecule has 0 aromatic rings. The smallest absolute Gasteiger partial charge is 0.0857 e. The van der Waals surface area contributed by atoms with Crippen molar-refractivity contribution in [1.82, 2.24) is 0 Å². The van der Waals surface area contributed by atoms with Crippen molar-refractivity contribution in [3.05, 3.63) is 0 Å². The van der Waals surface area contributed by atoms with E-state index in [1.807, 2.05) is 6.92 Å². The summed E-state index contributed by atoms with van der Waals surface area (Å²) >= 11 is 0. The van der Waals surface area contributed by atoms with Crippen molar-refractivity contribution in [2.45, 2.75) is 77.7 Å². The van der Waals surface area contributed by atoms with Crippen molar-refractivity contribution in [3.8, 4) is 6.07 Å². The molecular formula is C15H27NO. The Morgan fingerprint density at radius 1 is 1.35 bits per heavy atom. The standard InChI is InChI=1S/C15H27NO/c1-4-5-6-9-14(3,17)15(12-16)10-7-13(2)8-11-15/h13,17H,4-11H2,1-3H3. The molecule has 2 heteroatoms. The summed E-state index contributed by atoms with van der Waals surface area (Å²) in [4.78, 5) is 0. The molecule has 1 N–H and O–H groups in total. The molecule has 0 spiro atoms. The Balaban J connectivity index is 2.68. The molecule has 17 heavy (non-hydrogen) atoms. The third-order valence-corrected chi connectivity index (χ3v) is 4.64. The summed E-state index contributed by atoms with van der Waals surface area (Å²) in [5, 5.41) is 20.2. The average Bonchev–Trinajstić information content (AvgIpc) is 2.30. The Bertz CT molecular complexity index is 269. The first-order valence-corrected chi connectivity index (χ1v) is 7.11. The van der Waals surface area contributed by atoms with Gasteiger partial charge in [-0.1, -0.05) is 33.1 Å². The minimum absolute atomic E-state index is 0.493. The van der Waals surface area contributed by atoms with Crippen molar-refractivity contribution in [1.29, 1.82) is 5.26 Å². The summed E-state index contributed by atoms with van der Waals surface area (Å²) in [7, 11) is 0. The maximum Gasteiger partial charge on any atom is 0.0857 e. The molecule has 98 valence electrons. The lowest BCUT2D eigenvalue weighted by Crippen LogP contribution is -2.47. The molecule has 0 aromatic heterocycles. The molecule has 0 amide bonds. The van der Waals surface area contributed by atoms with E-state index in [4.69, 9.17) is 0 Å². The second kappa shape index (κ2) is 5.87. The van der Waals surface area contributed by atoms with Gasteiger partial charge in [-0.2, -0.15) is 5.26 Å². The van der Waals surface area contributed by atoms with Crippen molar-refractivity contribution in [3.63, 3.8) is 0 Å². The van der Waals surface area contributed by atoms with Crippen LogP contribution in [0.4, 0.5) is 0 Å². The highest BCUT2D eigenvalue weighted by molar-refractivity contribution is 5.11. The fourth-order valence-corrected chi connectivity index (χ4v) is 2.98. The molecule has 0 radical (unpaired) electrons. The first-order chi connectivity index (χ1) is 7.97. The second-order valence-electron chi connectivity index (χ2n) is 6.11. The molecular weight excluding hydrogens is 210 g/mol. The van der Waals surface area contributed by atoms with Gasteiger partial charge in [-0.05, 0) is 44.9 Å². The number of nitriles is 1. The summed E-state index contributed by atoms with van der Waals surface area (Å²) in [5.41, 5.74) is -1.30. The van der Waals surface area contributed by atoms with Gasteiger partial charge in [-0.15, -0.1) is 0 Å². The van der Waals surface area contributed by atoms with Crippen LogP contribution in [0.5, 0.6) is 0 Å². The van der Waals surface area contributed by atoms with E-state index in [1.165, 1.54) is 0 Å². The van der Waals surface area contributed by atoms with Gasteiger partial charge in [0.25, 0.3) is 0 Å². The highest BCUT2D eigenvalue weighted by atomic mass is 16.3. The SMILES string of the molecule is CCCCCC(C)(O)C1(C#N)CCC(C)CC1. The Hall–Kier alpha value is -0.550. The first-order valence-electron chi connectivity index (χ1n) is 7.11. The molecule has 0 bridgehead atoms. The van der Waals surface area contributed by atoms with Gasteiger partial charge >= 0.3 is 0 Å². The lowest BCUT2D eigenvalue weighted by atomic mass is 9.61. The Kier molecular flexibility index (Phi) is 5.01. The van der Waals surface area contributed by atoms with Crippen LogP contribution in [0.1, 0.15) is 72.1 Å².